The Morgan fingerprint density at radius 3 is 2.54 bits per heavy atom. The monoisotopic (exact) mass is 340 g/mol. The summed E-state index contributed by atoms with van der Waals surface area (Å²) >= 11 is 0. The molecule has 2 aromatic rings. The summed E-state index contributed by atoms with van der Waals surface area (Å²) in [7, 11) is 1.28. The van der Waals surface area contributed by atoms with Crippen molar-refractivity contribution in [2.24, 2.45) is 0 Å². The second-order valence-electron chi connectivity index (χ2n) is 5.16. The molecular weight excluding hydrogens is 326 g/mol. The highest BCUT2D eigenvalue weighted by Gasteiger charge is 2.36. The molecule has 0 aliphatic rings. The Morgan fingerprint density at radius 1 is 1.38 bits per heavy atom. The van der Waals surface area contributed by atoms with Crippen molar-refractivity contribution in [2.45, 2.75) is 12.5 Å². The number of hydrogen-bond acceptors (Lipinski definition) is 5. The first-order valence-electron chi connectivity index (χ1n) is 6.73. The lowest BCUT2D eigenvalue weighted by Gasteiger charge is -2.24. The van der Waals surface area contributed by atoms with Crippen LogP contribution in [0, 0.1) is 11.6 Å². The summed E-state index contributed by atoms with van der Waals surface area (Å²) in [6.07, 6.45) is 0.881. The molecule has 0 radical (unpaired) electrons. The lowest BCUT2D eigenvalue weighted by Crippen LogP contribution is -2.55. The molecule has 9 heteroatoms. The van der Waals surface area contributed by atoms with Gasteiger partial charge in [0.1, 0.15) is 23.5 Å². The van der Waals surface area contributed by atoms with Crippen molar-refractivity contribution < 1.29 is 32.6 Å². The highest BCUT2D eigenvalue weighted by molar-refractivity contribution is 5.96. The minimum Gasteiger partial charge on any atom is -0.479 e. The third-order valence-corrected chi connectivity index (χ3v) is 3.21. The molecule has 0 saturated carbocycles. The molecule has 0 fully saturated rings. The van der Waals surface area contributed by atoms with Crippen LogP contribution in [0.5, 0.6) is 0 Å². The van der Waals surface area contributed by atoms with E-state index in [2.05, 4.69) is 10.3 Å². The van der Waals surface area contributed by atoms with E-state index < -0.39 is 40.5 Å². The lowest BCUT2D eigenvalue weighted by atomic mass is 10.0. The van der Waals surface area contributed by atoms with Crippen molar-refractivity contribution in [3.05, 3.63) is 41.8 Å². The molecule has 1 aromatic heterocycles. The van der Waals surface area contributed by atoms with Crippen LogP contribution < -0.4 is 5.32 Å². The highest BCUT2D eigenvalue weighted by Crippen LogP contribution is 2.25. The van der Waals surface area contributed by atoms with Gasteiger partial charge >= 0.3 is 5.97 Å². The topological polar surface area (TPSA) is 102 Å². The van der Waals surface area contributed by atoms with Gasteiger partial charge in [-0.25, -0.2) is 18.6 Å². The van der Waals surface area contributed by atoms with Crippen molar-refractivity contribution in [3.8, 4) is 11.5 Å². The van der Waals surface area contributed by atoms with Gasteiger partial charge in [0.15, 0.2) is 11.2 Å². The van der Waals surface area contributed by atoms with E-state index >= 15 is 0 Å². The number of benzene rings is 1. The van der Waals surface area contributed by atoms with Crippen molar-refractivity contribution in [2.75, 3.05) is 13.7 Å². The number of methoxy groups -OCH3 is 1. The fourth-order valence-electron chi connectivity index (χ4n) is 1.95. The van der Waals surface area contributed by atoms with Gasteiger partial charge in [-0.3, -0.25) is 4.79 Å². The van der Waals surface area contributed by atoms with Crippen LogP contribution >= 0.6 is 0 Å². The van der Waals surface area contributed by atoms with Crippen molar-refractivity contribution in [1.82, 2.24) is 10.3 Å². The number of oxazole rings is 1. The lowest BCUT2D eigenvalue weighted by molar-refractivity contribution is -0.145. The average molecular weight is 340 g/mol. The van der Waals surface area contributed by atoms with Gasteiger partial charge in [-0.05, 0) is 19.1 Å². The molecule has 0 bridgehead atoms. The fourth-order valence-corrected chi connectivity index (χ4v) is 1.95. The normalized spacial score (nSPS) is 13.3. The third kappa shape index (κ3) is 3.40. The number of ether oxygens (including phenoxy) is 1. The Bertz CT molecular complexity index is 757. The number of carboxylic acids is 1. The second kappa shape index (κ2) is 6.75. The maximum absolute atomic E-state index is 13.7. The number of aromatic nitrogens is 1. The Morgan fingerprint density at radius 2 is 2.00 bits per heavy atom. The number of nitrogens with zero attached hydrogens (tertiary/aromatic N) is 1. The van der Waals surface area contributed by atoms with Gasteiger partial charge in [0.05, 0.1) is 6.61 Å². The van der Waals surface area contributed by atoms with Crippen LogP contribution in [-0.2, 0) is 9.53 Å². The molecule has 1 unspecified atom stereocenters. The number of nitrogens with one attached hydrogen (secondary N) is 1. The minimum absolute atomic E-state index is 0.291. The maximum Gasteiger partial charge on any atom is 0.331 e. The van der Waals surface area contributed by atoms with Crippen molar-refractivity contribution in [1.29, 1.82) is 0 Å². The van der Waals surface area contributed by atoms with Crippen molar-refractivity contribution >= 4 is 11.9 Å². The first kappa shape index (κ1) is 17.5. The van der Waals surface area contributed by atoms with Gasteiger partial charge in [-0.15, -0.1) is 0 Å². The zero-order valence-electron chi connectivity index (χ0n) is 12.8. The molecule has 2 rings (SSSR count). The smallest absolute Gasteiger partial charge is 0.331 e. The van der Waals surface area contributed by atoms with Crippen LogP contribution in [-0.4, -0.2) is 41.2 Å². The SMILES string of the molecule is COCC(C)(NC(=O)c1coc(-c2c(F)cccc2F)n1)C(=O)O. The summed E-state index contributed by atoms with van der Waals surface area (Å²) in [5.41, 5.74) is -2.54. The molecular formula is C15H14F2N2O5. The van der Waals surface area contributed by atoms with E-state index in [1.54, 1.807) is 0 Å². The molecule has 0 aliphatic heterocycles. The Balaban J connectivity index is 2.27. The molecule has 1 aromatic carbocycles. The zero-order valence-corrected chi connectivity index (χ0v) is 12.8. The van der Waals surface area contributed by atoms with Crippen LogP contribution in [0.1, 0.15) is 17.4 Å². The number of hydrogen-bond donors (Lipinski definition) is 2. The molecule has 1 atom stereocenters. The van der Waals surface area contributed by atoms with E-state index in [4.69, 9.17) is 9.15 Å². The van der Waals surface area contributed by atoms with E-state index in [1.807, 2.05) is 0 Å². The molecule has 2 N–H and O–H groups in total. The van der Waals surface area contributed by atoms with Crippen LogP contribution in [0.15, 0.2) is 28.9 Å². The average Bonchev–Trinajstić information content (AvgIpc) is 2.96. The standard InChI is InChI=1S/C15H14F2N2O5/c1-15(7-23-2,14(21)22)19-12(20)10-6-24-13(18-10)11-8(16)4-3-5-9(11)17/h3-6H,7H2,1-2H3,(H,19,20)(H,21,22). The quantitative estimate of drug-likeness (QED) is 0.832. The van der Waals surface area contributed by atoms with Gasteiger partial charge in [0, 0.05) is 7.11 Å². The molecule has 0 saturated heterocycles. The highest BCUT2D eigenvalue weighted by atomic mass is 19.1. The minimum atomic E-state index is -1.70. The molecule has 7 nitrogen and oxygen atoms in total. The zero-order chi connectivity index (χ0) is 17.9. The van der Waals surface area contributed by atoms with Crippen LogP contribution in [0.2, 0.25) is 0 Å². The number of aliphatic carboxylic acids is 1. The van der Waals surface area contributed by atoms with Crippen molar-refractivity contribution in [3.63, 3.8) is 0 Å². The van der Waals surface area contributed by atoms with Gasteiger partial charge in [-0.1, -0.05) is 6.07 Å². The predicted molar refractivity (Wildman–Crippen MR) is 77.2 cm³/mol. The number of carbonyl (C=O) groups excluding carboxylic acids is 1. The summed E-state index contributed by atoms with van der Waals surface area (Å²) in [4.78, 5) is 27.1. The first-order valence-corrected chi connectivity index (χ1v) is 6.73. The number of carboxylic acid groups (broad SMARTS) is 1. The number of halogens is 2. The summed E-state index contributed by atoms with van der Waals surface area (Å²) in [5, 5.41) is 11.4. The number of carbonyl (C=O) groups is 2. The molecule has 0 spiro atoms. The van der Waals surface area contributed by atoms with Gasteiger partial charge in [0.25, 0.3) is 5.91 Å². The van der Waals surface area contributed by atoms with E-state index in [1.165, 1.54) is 20.1 Å². The van der Waals surface area contributed by atoms with Gasteiger partial charge in [0.2, 0.25) is 5.89 Å². The molecule has 1 amide bonds. The first-order chi connectivity index (χ1) is 11.3. The summed E-state index contributed by atoms with van der Waals surface area (Å²) in [6.45, 7) is 0.953. The van der Waals surface area contributed by atoms with E-state index in [0.29, 0.717) is 0 Å². The molecule has 0 aliphatic carbocycles. The Kier molecular flexibility index (Phi) is 4.93. The van der Waals surface area contributed by atoms with E-state index in [-0.39, 0.29) is 12.3 Å². The summed E-state index contributed by atoms with van der Waals surface area (Å²) in [5.74, 6) is -4.44. The fraction of sp³-hybridized carbons (Fsp3) is 0.267. The number of rotatable bonds is 6. The van der Waals surface area contributed by atoms with E-state index in [0.717, 1.165) is 18.4 Å². The molecule has 128 valence electrons. The van der Waals surface area contributed by atoms with Gasteiger partial charge < -0.3 is 19.6 Å². The molecule has 24 heavy (non-hydrogen) atoms. The van der Waals surface area contributed by atoms with Gasteiger partial charge in [-0.2, -0.15) is 0 Å². The third-order valence-electron chi connectivity index (χ3n) is 3.21. The van der Waals surface area contributed by atoms with E-state index in [9.17, 15) is 23.5 Å². The Labute approximate surface area is 135 Å². The van der Waals surface area contributed by atoms with Crippen LogP contribution in [0.4, 0.5) is 8.78 Å². The summed E-state index contributed by atoms with van der Waals surface area (Å²) < 4.78 is 37.1. The van der Waals surface area contributed by atoms with Crippen LogP contribution in [0.25, 0.3) is 11.5 Å². The largest absolute Gasteiger partial charge is 0.479 e. The second-order valence-corrected chi connectivity index (χ2v) is 5.16. The summed E-state index contributed by atoms with van der Waals surface area (Å²) in [6, 6.07) is 3.21. The number of amides is 1. The maximum atomic E-state index is 13.7. The Hall–Kier alpha value is -2.81. The molecule has 1 heterocycles. The van der Waals surface area contributed by atoms with Crippen LogP contribution in [0.3, 0.4) is 0 Å². The predicted octanol–water partition coefficient (Wildman–Crippen LogP) is 1.84.